The first-order valence-corrected chi connectivity index (χ1v) is 5.63. The molecule has 2 heterocycles. The minimum Gasteiger partial charge on any atom is -0.477 e. The minimum atomic E-state index is -0.612. The molecule has 0 aliphatic heterocycles. The number of nitrogens with two attached hydrogens (primary N) is 1. The molecule has 9 nitrogen and oxygen atoms in total. The molecule has 0 spiro atoms. The fraction of sp³-hybridized carbons (Fsp3) is 0.182. The molecule has 0 radical (unpaired) electrons. The van der Waals surface area contributed by atoms with E-state index in [1.54, 1.807) is 19.1 Å². The Hall–Kier alpha value is -2.81. The first-order chi connectivity index (χ1) is 9.60. The van der Waals surface area contributed by atoms with Crippen molar-refractivity contribution in [1.29, 1.82) is 0 Å². The molecule has 2 rings (SSSR count). The van der Waals surface area contributed by atoms with Crippen molar-refractivity contribution in [2.24, 2.45) is 5.84 Å². The molecule has 0 aliphatic rings. The van der Waals surface area contributed by atoms with Crippen LogP contribution in [0.2, 0.25) is 0 Å². The number of aromatic nitrogens is 3. The van der Waals surface area contributed by atoms with E-state index in [-0.39, 0.29) is 18.2 Å². The number of anilines is 1. The Morgan fingerprint density at radius 2 is 2.30 bits per heavy atom. The van der Waals surface area contributed by atoms with E-state index in [0.717, 1.165) is 0 Å². The maximum Gasteiger partial charge on any atom is 0.406 e. The van der Waals surface area contributed by atoms with E-state index < -0.39 is 4.92 Å². The van der Waals surface area contributed by atoms with Gasteiger partial charge in [0, 0.05) is 11.8 Å². The lowest BCUT2D eigenvalue weighted by molar-refractivity contribution is -0.390. The van der Waals surface area contributed by atoms with Gasteiger partial charge >= 0.3 is 5.82 Å². The van der Waals surface area contributed by atoms with Crippen LogP contribution in [0, 0.1) is 17.0 Å². The van der Waals surface area contributed by atoms with Gasteiger partial charge < -0.3 is 20.3 Å². The second-order valence-electron chi connectivity index (χ2n) is 3.83. The number of nitrogens with one attached hydrogen (secondary N) is 1. The average Bonchev–Trinajstić information content (AvgIpc) is 2.44. The zero-order valence-electron chi connectivity index (χ0n) is 10.6. The molecule has 0 aromatic carbocycles. The van der Waals surface area contributed by atoms with E-state index >= 15 is 0 Å². The van der Waals surface area contributed by atoms with Gasteiger partial charge in [0.2, 0.25) is 5.75 Å². The van der Waals surface area contributed by atoms with E-state index in [4.69, 9.17) is 10.6 Å². The van der Waals surface area contributed by atoms with Crippen LogP contribution in [-0.4, -0.2) is 19.9 Å². The van der Waals surface area contributed by atoms with Gasteiger partial charge in [-0.15, -0.1) is 0 Å². The number of rotatable bonds is 5. The quantitative estimate of drug-likeness (QED) is 0.469. The normalized spacial score (nSPS) is 10.1. The topological polar surface area (TPSA) is 129 Å². The van der Waals surface area contributed by atoms with Crippen molar-refractivity contribution >= 4 is 11.6 Å². The molecule has 0 saturated carbocycles. The molecule has 20 heavy (non-hydrogen) atoms. The molecule has 0 aliphatic carbocycles. The van der Waals surface area contributed by atoms with Crippen molar-refractivity contribution in [1.82, 2.24) is 15.0 Å². The van der Waals surface area contributed by atoms with Crippen LogP contribution in [0.25, 0.3) is 0 Å². The molecular formula is C11H12N6O3. The minimum absolute atomic E-state index is 0.0249. The molecule has 0 amide bonds. The lowest BCUT2D eigenvalue weighted by atomic mass is 10.4. The predicted octanol–water partition coefficient (Wildman–Crippen LogP) is 0.953. The Morgan fingerprint density at radius 3 is 3.00 bits per heavy atom. The van der Waals surface area contributed by atoms with Crippen LogP contribution in [0.1, 0.15) is 11.5 Å². The Kier molecular flexibility index (Phi) is 4.01. The van der Waals surface area contributed by atoms with Crippen LogP contribution in [0.3, 0.4) is 0 Å². The third kappa shape index (κ3) is 3.14. The van der Waals surface area contributed by atoms with E-state index in [1.807, 2.05) is 0 Å². The highest BCUT2D eigenvalue weighted by atomic mass is 16.6. The molecule has 0 fully saturated rings. The molecule has 3 N–H and O–H groups in total. The highest BCUT2D eigenvalue weighted by Gasteiger charge is 2.16. The molecule has 2 aromatic heterocycles. The smallest absolute Gasteiger partial charge is 0.406 e. The zero-order chi connectivity index (χ0) is 14.5. The number of pyridine rings is 1. The van der Waals surface area contributed by atoms with Crippen molar-refractivity contribution in [3.8, 4) is 5.75 Å². The number of hydrazine groups is 1. The summed E-state index contributed by atoms with van der Waals surface area (Å²) in [7, 11) is 0. The Bertz CT molecular complexity index is 633. The Morgan fingerprint density at radius 1 is 1.50 bits per heavy atom. The van der Waals surface area contributed by atoms with Crippen molar-refractivity contribution < 1.29 is 9.66 Å². The number of hydrogen-bond donors (Lipinski definition) is 2. The second kappa shape index (κ2) is 5.89. The summed E-state index contributed by atoms with van der Waals surface area (Å²) in [5.41, 5.74) is 3.11. The summed E-state index contributed by atoms with van der Waals surface area (Å²) < 4.78 is 5.34. The van der Waals surface area contributed by atoms with Gasteiger partial charge in [0.1, 0.15) is 18.6 Å². The number of aryl methyl sites for hydroxylation is 1. The first-order valence-electron chi connectivity index (χ1n) is 5.63. The van der Waals surface area contributed by atoms with Crippen LogP contribution >= 0.6 is 0 Å². The Labute approximate surface area is 114 Å². The lowest BCUT2D eigenvalue weighted by Crippen LogP contribution is -2.12. The molecular weight excluding hydrogens is 264 g/mol. The monoisotopic (exact) mass is 276 g/mol. The van der Waals surface area contributed by atoms with Gasteiger partial charge in [-0.05, 0) is 29.0 Å². The summed E-state index contributed by atoms with van der Waals surface area (Å²) in [5.74, 6) is 5.79. The summed E-state index contributed by atoms with van der Waals surface area (Å²) in [6, 6.07) is 4.67. The number of nitrogens with zero attached hydrogens (tertiary/aromatic N) is 4. The van der Waals surface area contributed by atoms with Gasteiger partial charge in [-0.3, -0.25) is 0 Å². The van der Waals surface area contributed by atoms with E-state index in [0.29, 0.717) is 17.3 Å². The fourth-order valence-corrected chi connectivity index (χ4v) is 1.54. The van der Waals surface area contributed by atoms with Crippen molar-refractivity contribution in [2.75, 3.05) is 5.43 Å². The number of ether oxygens (including phenoxy) is 1. The third-order valence-corrected chi connectivity index (χ3v) is 2.33. The molecule has 2 aromatic rings. The van der Waals surface area contributed by atoms with Crippen molar-refractivity contribution in [3.05, 3.63) is 46.0 Å². The molecule has 0 saturated heterocycles. The van der Waals surface area contributed by atoms with E-state index in [9.17, 15) is 10.1 Å². The molecule has 0 bridgehead atoms. The third-order valence-electron chi connectivity index (χ3n) is 2.33. The van der Waals surface area contributed by atoms with Gasteiger partial charge in [-0.2, -0.15) is 0 Å². The number of nitro groups is 1. The summed E-state index contributed by atoms with van der Waals surface area (Å²) in [6.07, 6.45) is 1.32. The predicted molar refractivity (Wildman–Crippen MR) is 69.8 cm³/mol. The SMILES string of the molecule is Cc1cc(NN)nc(COc2cccnc2[N+](=O)[O-])n1. The number of nitrogen functional groups attached to an aromatic ring is 1. The van der Waals surface area contributed by atoms with Gasteiger partial charge in [-0.1, -0.05) is 0 Å². The average molecular weight is 276 g/mol. The van der Waals surface area contributed by atoms with Gasteiger partial charge in [-0.25, -0.2) is 15.8 Å². The van der Waals surface area contributed by atoms with Gasteiger partial charge in [0.15, 0.2) is 5.82 Å². The number of hydrogen-bond acceptors (Lipinski definition) is 8. The summed E-state index contributed by atoms with van der Waals surface area (Å²) >= 11 is 0. The maximum atomic E-state index is 10.8. The van der Waals surface area contributed by atoms with E-state index in [1.165, 1.54) is 12.3 Å². The molecule has 9 heteroatoms. The fourth-order valence-electron chi connectivity index (χ4n) is 1.54. The van der Waals surface area contributed by atoms with Crippen molar-refractivity contribution in [2.45, 2.75) is 13.5 Å². The molecule has 104 valence electrons. The summed E-state index contributed by atoms with van der Waals surface area (Å²) in [4.78, 5) is 22.1. The second-order valence-corrected chi connectivity index (χ2v) is 3.83. The van der Waals surface area contributed by atoms with Crippen LogP contribution < -0.4 is 16.0 Å². The standard InChI is InChI=1S/C11H12N6O3/c1-7-5-9(16-12)15-10(14-7)6-20-8-3-2-4-13-11(8)17(18)19/h2-5H,6,12H2,1H3,(H,14,15,16). The van der Waals surface area contributed by atoms with Gasteiger partial charge in [0.05, 0.1) is 0 Å². The Balaban J connectivity index is 2.17. The van der Waals surface area contributed by atoms with Crippen LogP contribution in [0.15, 0.2) is 24.4 Å². The van der Waals surface area contributed by atoms with Gasteiger partial charge in [0.25, 0.3) is 0 Å². The maximum absolute atomic E-state index is 10.8. The zero-order valence-corrected chi connectivity index (χ0v) is 10.6. The highest BCUT2D eigenvalue weighted by Crippen LogP contribution is 2.23. The summed E-state index contributed by atoms with van der Waals surface area (Å²) in [5, 5.41) is 10.8. The lowest BCUT2D eigenvalue weighted by Gasteiger charge is -2.07. The highest BCUT2D eigenvalue weighted by molar-refractivity contribution is 5.38. The van der Waals surface area contributed by atoms with Crippen LogP contribution in [-0.2, 0) is 6.61 Å². The van der Waals surface area contributed by atoms with Crippen molar-refractivity contribution in [3.63, 3.8) is 0 Å². The van der Waals surface area contributed by atoms with Crippen LogP contribution in [0.5, 0.6) is 5.75 Å². The molecule has 0 unspecified atom stereocenters. The van der Waals surface area contributed by atoms with E-state index in [2.05, 4.69) is 20.4 Å². The summed E-state index contributed by atoms with van der Waals surface area (Å²) in [6.45, 7) is 1.75. The first kappa shape index (κ1) is 13.6. The molecule has 0 atom stereocenters. The largest absolute Gasteiger partial charge is 0.477 e. The van der Waals surface area contributed by atoms with Crippen LogP contribution in [0.4, 0.5) is 11.6 Å².